The second kappa shape index (κ2) is 9.54. The molecule has 0 fully saturated rings. The van der Waals surface area contributed by atoms with E-state index in [9.17, 15) is 13.2 Å². The summed E-state index contributed by atoms with van der Waals surface area (Å²) < 4.78 is 27.9. The van der Waals surface area contributed by atoms with E-state index in [1.807, 2.05) is 32.0 Å². The third-order valence-corrected chi connectivity index (χ3v) is 6.60. The maximum Gasteiger partial charge on any atom is 0.264 e. The minimum atomic E-state index is -3.80. The molecule has 0 radical (unpaired) electrons. The number of hydrogen-bond donors (Lipinski definition) is 1. The predicted octanol–water partition coefficient (Wildman–Crippen LogP) is 3.85. The fraction of sp³-hybridized carbons (Fsp3) is 0.217. The summed E-state index contributed by atoms with van der Waals surface area (Å²) >= 11 is 0. The monoisotopic (exact) mass is 423 g/mol. The molecule has 7 heteroatoms. The number of benzene rings is 2. The number of nitrogens with zero attached hydrogens (tertiary/aromatic N) is 2. The molecule has 0 aliphatic heterocycles. The van der Waals surface area contributed by atoms with Crippen LogP contribution in [0.5, 0.6) is 0 Å². The summed E-state index contributed by atoms with van der Waals surface area (Å²) in [5.74, 6) is -0.230. The van der Waals surface area contributed by atoms with Gasteiger partial charge >= 0.3 is 0 Å². The maximum atomic E-state index is 13.3. The number of pyridine rings is 1. The standard InChI is InChI=1S/C23H25N3O3S/c1-18-10-12-22(13-11-18)30(28,29)26(21-8-4-3-5-9-21)16-14-23(27)25-19(2)20-7-6-15-24-17-20/h3-13,15,17,19H,14,16H2,1-2H3,(H,25,27). The summed E-state index contributed by atoms with van der Waals surface area (Å²) in [6.45, 7) is 3.80. The lowest BCUT2D eigenvalue weighted by molar-refractivity contribution is -0.121. The zero-order valence-corrected chi connectivity index (χ0v) is 17.8. The first-order valence-corrected chi connectivity index (χ1v) is 11.2. The molecular formula is C23H25N3O3S. The lowest BCUT2D eigenvalue weighted by Gasteiger charge is -2.25. The summed E-state index contributed by atoms with van der Waals surface area (Å²) in [5, 5.41) is 2.90. The van der Waals surface area contributed by atoms with Crippen molar-refractivity contribution in [3.63, 3.8) is 0 Å². The molecule has 0 spiro atoms. The molecule has 0 aliphatic rings. The van der Waals surface area contributed by atoms with Crippen LogP contribution in [-0.4, -0.2) is 25.9 Å². The van der Waals surface area contributed by atoms with Crippen molar-refractivity contribution >= 4 is 21.6 Å². The minimum Gasteiger partial charge on any atom is -0.349 e. The Morgan fingerprint density at radius 1 is 1.03 bits per heavy atom. The largest absolute Gasteiger partial charge is 0.349 e. The zero-order valence-electron chi connectivity index (χ0n) is 17.0. The van der Waals surface area contributed by atoms with Gasteiger partial charge in [-0.1, -0.05) is 42.0 Å². The van der Waals surface area contributed by atoms with Crippen molar-refractivity contribution in [2.75, 3.05) is 10.8 Å². The molecule has 3 aromatic rings. The fourth-order valence-electron chi connectivity index (χ4n) is 3.05. The van der Waals surface area contributed by atoms with Gasteiger partial charge in [-0.3, -0.25) is 14.1 Å². The Labute approximate surface area is 177 Å². The van der Waals surface area contributed by atoms with Crippen LogP contribution in [-0.2, 0) is 14.8 Å². The Bertz CT molecular complexity index is 1070. The third-order valence-electron chi connectivity index (χ3n) is 4.76. The van der Waals surface area contributed by atoms with Gasteiger partial charge in [0.25, 0.3) is 10.0 Å². The summed E-state index contributed by atoms with van der Waals surface area (Å²) in [7, 11) is -3.80. The highest BCUT2D eigenvalue weighted by atomic mass is 32.2. The highest BCUT2D eigenvalue weighted by Gasteiger charge is 2.25. The number of carbonyl (C=O) groups excluding carboxylic acids is 1. The van der Waals surface area contributed by atoms with E-state index in [0.717, 1.165) is 11.1 Å². The average Bonchev–Trinajstić information content (AvgIpc) is 2.75. The smallest absolute Gasteiger partial charge is 0.264 e. The Kier molecular flexibility index (Phi) is 6.84. The van der Waals surface area contributed by atoms with Gasteiger partial charge in [-0.15, -0.1) is 0 Å². The molecule has 1 heterocycles. The van der Waals surface area contributed by atoms with Gasteiger partial charge in [0, 0.05) is 25.4 Å². The SMILES string of the molecule is Cc1ccc(S(=O)(=O)N(CCC(=O)NC(C)c2cccnc2)c2ccccc2)cc1. The molecule has 1 atom stereocenters. The van der Waals surface area contributed by atoms with Crippen molar-refractivity contribution in [3.8, 4) is 0 Å². The molecule has 30 heavy (non-hydrogen) atoms. The van der Waals surface area contributed by atoms with Crippen LogP contribution in [0.2, 0.25) is 0 Å². The van der Waals surface area contributed by atoms with Gasteiger partial charge in [0.1, 0.15) is 0 Å². The topological polar surface area (TPSA) is 79.4 Å². The number of para-hydroxylation sites is 1. The van der Waals surface area contributed by atoms with Gasteiger partial charge in [0.2, 0.25) is 5.91 Å². The van der Waals surface area contributed by atoms with Crippen molar-refractivity contribution in [1.29, 1.82) is 0 Å². The molecule has 0 aliphatic carbocycles. The minimum absolute atomic E-state index is 0.0323. The Morgan fingerprint density at radius 2 is 1.73 bits per heavy atom. The van der Waals surface area contributed by atoms with E-state index < -0.39 is 10.0 Å². The average molecular weight is 424 g/mol. The number of hydrogen-bond acceptors (Lipinski definition) is 4. The first-order chi connectivity index (χ1) is 14.4. The lowest BCUT2D eigenvalue weighted by atomic mass is 10.1. The summed E-state index contributed by atoms with van der Waals surface area (Å²) in [4.78, 5) is 16.8. The molecule has 1 N–H and O–H groups in total. The van der Waals surface area contributed by atoms with Crippen LogP contribution in [0.25, 0.3) is 0 Å². The first kappa shape index (κ1) is 21.5. The van der Waals surface area contributed by atoms with E-state index in [1.54, 1.807) is 60.9 Å². The Hall–Kier alpha value is -3.19. The van der Waals surface area contributed by atoms with Gasteiger partial charge in [0.15, 0.2) is 0 Å². The van der Waals surface area contributed by atoms with Crippen molar-refractivity contribution in [3.05, 3.63) is 90.3 Å². The molecule has 2 aromatic carbocycles. The van der Waals surface area contributed by atoms with E-state index in [-0.39, 0.29) is 29.8 Å². The van der Waals surface area contributed by atoms with E-state index >= 15 is 0 Å². The number of amides is 1. The van der Waals surface area contributed by atoms with Crippen LogP contribution in [0, 0.1) is 6.92 Å². The highest BCUT2D eigenvalue weighted by molar-refractivity contribution is 7.92. The summed E-state index contributed by atoms with van der Waals surface area (Å²) in [5.41, 5.74) is 2.38. The number of nitrogens with one attached hydrogen (secondary N) is 1. The lowest BCUT2D eigenvalue weighted by Crippen LogP contribution is -2.36. The van der Waals surface area contributed by atoms with Crippen LogP contribution in [0.15, 0.2) is 84.0 Å². The number of carbonyl (C=O) groups is 1. The summed E-state index contributed by atoms with van der Waals surface area (Å²) in [6.07, 6.45) is 3.40. The quantitative estimate of drug-likeness (QED) is 0.597. The molecule has 1 amide bonds. The van der Waals surface area contributed by atoms with Crippen molar-refractivity contribution in [1.82, 2.24) is 10.3 Å². The Balaban J connectivity index is 1.77. The number of aromatic nitrogens is 1. The molecular weight excluding hydrogens is 398 g/mol. The fourth-order valence-corrected chi connectivity index (χ4v) is 4.52. The van der Waals surface area contributed by atoms with Gasteiger partial charge < -0.3 is 5.32 Å². The van der Waals surface area contributed by atoms with Crippen LogP contribution < -0.4 is 9.62 Å². The molecule has 1 unspecified atom stereocenters. The van der Waals surface area contributed by atoms with E-state index in [2.05, 4.69) is 10.3 Å². The normalized spacial score (nSPS) is 12.2. The van der Waals surface area contributed by atoms with Crippen molar-refractivity contribution < 1.29 is 13.2 Å². The van der Waals surface area contributed by atoms with E-state index in [1.165, 1.54) is 4.31 Å². The molecule has 1 aromatic heterocycles. The molecule has 0 saturated carbocycles. The van der Waals surface area contributed by atoms with Gasteiger partial charge in [0.05, 0.1) is 16.6 Å². The second-order valence-corrected chi connectivity index (χ2v) is 8.91. The van der Waals surface area contributed by atoms with Gasteiger partial charge in [-0.2, -0.15) is 0 Å². The van der Waals surface area contributed by atoms with Gasteiger partial charge in [-0.05, 0) is 49.7 Å². The van der Waals surface area contributed by atoms with E-state index in [0.29, 0.717) is 5.69 Å². The number of anilines is 1. The molecule has 156 valence electrons. The van der Waals surface area contributed by atoms with E-state index in [4.69, 9.17) is 0 Å². The van der Waals surface area contributed by atoms with Crippen LogP contribution in [0.1, 0.15) is 30.5 Å². The predicted molar refractivity (Wildman–Crippen MR) is 118 cm³/mol. The molecule has 0 saturated heterocycles. The zero-order chi connectivity index (χ0) is 21.6. The van der Waals surface area contributed by atoms with Crippen molar-refractivity contribution in [2.45, 2.75) is 31.2 Å². The first-order valence-electron chi connectivity index (χ1n) is 9.71. The van der Waals surface area contributed by atoms with Crippen LogP contribution in [0.4, 0.5) is 5.69 Å². The number of sulfonamides is 1. The number of rotatable bonds is 8. The van der Waals surface area contributed by atoms with Gasteiger partial charge in [-0.25, -0.2) is 8.42 Å². The number of aryl methyl sites for hydroxylation is 1. The summed E-state index contributed by atoms with van der Waals surface area (Å²) in [6, 6.07) is 19.0. The third kappa shape index (κ3) is 5.24. The molecule has 3 rings (SSSR count). The second-order valence-electron chi connectivity index (χ2n) is 7.05. The molecule has 6 nitrogen and oxygen atoms in total. The van der Waals surface area contributed by atoms with Crippen LogP contribution >= 0.6 is 0 Å². The Morgan fingerprint density at radius 3 is 2.37 bits per heavy atom. The highest BCUT2D eigenvalue weighted by Crippen LogP contribution is 2.24. The maximum absolute atomic E-state index is 13.3. The molecule has 0 bridgehead atoms. The van der Waals surface area contributed by atoms with Crippen LogP contribution in [0.3, 0.4) is 0 Å². The van der Waals surface area contributed by atoms with Crippen molar-refractivity contribution in [2.24, 2.45) is 0 Å².